The number of carbonyl (C=O) groups is 3. The first-order valence-corrected chi connectivity index (χ1v) is 7.69. The van der Waals surface area contributed by atoms with Gasteiger partial charge in [0.05, 0.1) is 6.61 Å². The van der Waals surface area contributed by atoms with Crippen LogP contribution in [0.5, 0.6) is 0 Å². The Morgan fingerprint density at radius 1 is 1.27 bits per heavy atom. The van der Waals surface area contributed by atoms with Crippen LogP contribution in [-0.4, -0.2) is 41.8 Å². The van der Waals surface area contributed by atoms with Crippen LogP contribution < -0.4 is 0 Å². The molecule has 1 aromatic carbocycles. The SMILES string of the molecule is CCOC(=O)[C@@H]1[C@H]2CCC(=O)[C@H]2CN1C(=O)c1ccccc1. The van der Waals surface area contributed by atoms with E-state index in [9.17, 15) is 14.4 Å². The molecule has 0 unspecified atom stereocenters. The number of ether oxygens (including phenoxy) is 1. The highest BCUT2D eigenvalue weighted by molar-refractivity contribution is 5.99. The van der Waals surface area contributed by atoms with E-state index < -0.39 is 12.0 Å². The Balaban J connectivity index is 1.89. The second-order valence-corrected chi connectivity index (χ2v) is 5.80. The van der Waals surface area contributed by atoms with Gasteiger partial charge in [-0.2, -0.15) is 0 Å². The molecule has 1 aromatic rings. The van der Waals surface area contributed by atoms with E-state index in [2.05, 4.69) is 0 Å². The van der Waals surface area contributed by atoms with E-state index in [0.717, 1.165) is 0 Å². The summed E-state index contributed by atoms with van der Waals surface area (Å²) in [5, 5.41) is 0. The first-order chi connectivity index (χ1) is 10.6. The quantitative estimate of drug-likeness (QED) is 0.797. The first-order valence-electron chi connectivity index (χ1n) is 7.69. The predicted molar refractivity (Wildman–Crippen MR) is 79.1 cm³/mol. The van der Waals surface area contributed by atoms with Gasteiger partial charge in [-0.05, 0) is 25.5 Å². The van der Waals surface area contributed by atoms with Gasteiger partial charge in [-0.25, -0.2) is 4.79 Å². The highest BCUT2D eigenvalue weighted by Crippen LogP contribution is 2.41. The van der Waals surface area contributed by atoms with Crippen molar-refractivity contribution in [1.29, 1.82) is 0 Å². The topological polar surface area (TPSA) is 63.7 Å². The van der Waals surface area contributed by atoms with Gasteiger partial charge in [0.2, 0.25) is 0 Å². The first kappa shape index (κ1) is 14.8. The minimum Gasteiger partial charge on any atom is -0.464 e. The van der Waals surface area contributed by atoms with Gasteiger partial charge in [0.25, 0.3) is 5.91 Å². The number of hydrogen-bond acceptors (Lipinski definition) is 4. The molecule has 1 saturated heterocycles. The van der Waals surface area contributed by atoms with E-state index in [1.54, 1.807) is 31.2 Å². The highest BCUT2D eigenvalue weighted by Gasteiger charge is 2.53. The van der Waals surface area contributed by atoms with Crippen molar-refractivity contribution < 1.29 is 19.1 Å². The Labute approximate surface area is 129 Å². The van der Waals surface area contributed by atoms with E-state index in [0.29, 0.717) is 24.9 Å². The highest BCUT2D eigenvalue weighted by atomic mass is 16.5. The number of fused-ring (bicyclic) bond motifs is 1. The number of hydrogen-bond donors (Lipinski definition) is 0. The number of ketones is 1. The molecule has 1 heterocycles. The van der Waals surface area contributed by atoms with E-state index in [4.69, 9.17) is 4.74 Å². The van der Waals surface area contributed by atoms with Crippen LogP contribution in [0.4, 0.5) is 0 Å². The van der Waals surface area contributed by atoms with Crippen molar-refractivity contribution in [3.8, 4) is 0 Å². The number of amides is 1. The Kier molecular flexibility index (Phi) is 3.96. The standard InChI is InChI=1S/C17H19NO4/c1-2-22-17(21)15-12-8-9-14(19)13(12)10-18(15)16(20)11-6-4-3-5-7-11/h3-7,12-13,15H,2,8-10H2,1H3/t12-,13-,15-/m0/s1. The zero-order valence-corrected chi connectivity index (χ0v) is 12.5. The van der Waals surface area contributed by atoms with Crippen LogP contribution in [0, 0.1) is 11.8 Å². The van der Waals surface area contributed by atoms with Gasteiger partial charge in [0, 0.05) is 30.4 Å². The number of benzene rings is 1. The van der Waals surface area contributed by atoms with Gasteiger partial charge in [-0.15, -0.1) is 0 Å². The van der Waals surface area contributed by atoms with Crippen LogP contribution in [0.3, 0.4) is 0 Å². The summed E-state index contributed by atoms with van der Waals surface area (Å²) in [6, 6.07) is 8.22. The van der Waals surface area contributed by atoms with Crippen LogP contribution in [0.2, 0.25) is 0 Å². The second-order valence-electron chi connectivity index (χ2n) is 5.80. The molecule has 2 aliphatic rings. The van der Waals surface area contributed by atoms with Crippen molar-refractivity contribution >= 4 is 17.7 Å². The fraction of sp³-hybridized carbons (Fsp3) is 0.471. The molecule has 1 aliphatic carbocycles. The molecule has 5 nitrogen and oxygen atoms in total. The second kappa shape index (κ2) is 5.91. The Bertz CT molecular complexity index is 598. The predicted octanol–water partition coefficient (Wildman–Crippen LogP) is 1.67. The molecule has 5 heteroatoms. The molecule has 1 amide bonds. The third-order valence-electron chi connectivity index (χ3n) is 4.60. The van der Waals surface area contributed by atoms with Crippen LogP contribution in [0.15, 0.2) is 30.3 Å². The number of rotatable bonds is 3. The van der Waals surface area contributed by atoms with Crippen molar-refractivity contribution in [1.82, 2.24) is 4.90 Å². The van der Waals surface area contributed by atoms with Crippen LogP contribution >= 0.6 is 0 Å². The van der Waals surface area contributed by atoms with Gasteiger partial charge < -0.3 is 9.64 Å². The van der Waals surface area contributed by atoms with E-state index in [-0.39, 0.29) is 30.1 Å². The minimum absolute atomic E-state index is 0.0980. The molecule has 2 fully saturated rings. The lowest BCUT2D eigenvalue weighted by atomic mass is 9.93. The molecule has 0 aromatic heterocycles. The van der Waals surface area contributed by atoms with E-state index in [1.807, 2.05) is 6.07 Å². The molecule has 0 bridgehead atoms. The smallest absolute Gasteiger partial charge is 0.329 e. The van der Waals surface area contributed by atoms with E-state index >= 15 is 0 Å². The molecule has 1 aliphatic heterocycles. The normalized spacial score (nSPS) is 26.9. The zero-order chi connectivity index (χ0) is 15.7. The third-order valence-corrected chi connectivity index (χ3v) is 4.60. The van der Waals surface area contributed by atoms with Crippen LogP contribution in [0.25, 0.3) is 0 Å². The Morgan fingerprint density at radius 3 is 2.68 bits per heavy atom. The maximum absolute atomic E-state index is 12.7. The lowest BCUT2D eigenvalue weighted by molar-refractivity contribution is -0.149. The maximum Gasteiger partial charge on any atom is 0.329 e. The van der Waals surface area contributed by atoms with Crippen LogP contribution in [-0.2, 0) is 14.3 Å². The van der Waals surface area contributed by atoms with Crippen molar-refractivity contribution in [2.24, 2.45) is 11.8 Å². The minimum atomic E-state index is -0.635. The third kappa shape index (κ3) is 2.40. The zero-order valence-electron chi connectivity index (χ0n) is 12.5. The molecule has 3 atom stereocenters. The van der Waals surface area contributed by atoms with Crippen LogP contribution in [0.1, 0.15) is 30.1 Å². The van der Waals surface area contributed by atoms with Crippen molar-refractivity contribution in [3.63, 3.8) is 0 Å². The van der Waals surface area contributed by atoms with Crippen molar-refractivity contribution in [2.75, 3.05) is 13.2 Å². The molecule has 0 N–H and O–H groups in total. The molecule has 0 radical (unpaired) electrons. The van der Waals surface area contributed by atoms with Gasteiger partial charge in [-0.1, -0.05) is 18.2 Å². The number of likely N-dealkylation sites (tertiary alicyclic amines) is 1. The summed E-state index contributed by atoms with van der Waals surface area (Å²) in [7, 11) is 0. The fourth-order valence-electron chi connectivity index (χ4n) is 3.59. The molecule has 1 saturated carbocycles. The molecule has 0 spiro atoms. The number of carbonyl (C=O) groups excluding carboxylic acids is 3. The molecule has 3 rings (SSSR count). The Morgan fingerprint density at radius 2 is 2.00 bits per heavy atom. The molecular formula is C17H19NO4. The fourth-order valence-corrected chi connectivity index (χ4v) is 3.59. The number of Topliss-reactive ketones (excluding diaryl/α,β-unsaturated/α-hetero) is 1. The summed E-state index contributed by atoms with van der Waals surface area (Å²) in [5.74, 6) is -0.765. The Hall–Kier alpha value is -2.17. The molecular weight excluding hydrogens is 282 g/mol. The monoisotopic (exact) mass is 301 g/mol. The average molecular weight is 301 g/mol. The summed E-state index contributed by atoms with van der Waals surface area (Å²) in [6.45, 7) is 2.34. The van der Waals surface area contributed by atoms with Gasteiger partial charge in [-0.3, -0.25) is 9.59 Å². The van der Waals surface area contributed by atoms with Crippen molar-refractivity contribution in [2.45, 2.75) is 25.8 Å². The van der Waals surface area contributed by atoms with E-state index in [1.165, 1.54) is 4.90 Å². The lowest BCUT2D eigenvalue weighted by Gasteiger charge is -2.26. The largest absolute Gasteiger partial charge is 0.464 e. The summed E-state index contributed by atoms with van der Waals surface area (Å²) in [6.07, 6.45) is 1.16. The number of nitrogens with zero attached hydrogens (tertiary/aromatic N) is 1. The van der Waals surface area contributed by atoms with Gasteiger partial charge >= 0.3 is 5.97 Å². The average Bonchev–Trinajstić information content (AvgIpc) is 3.08. The summed E-state index contributed by atoms with van der Waals surface area (Å²) >= 11 is 0. The van der Waals surface area contributed by atoms with Gasteiger partial charge in [0.1, 0.15) is 11.8 Å². The number of esters is 1. The maximum atomic E-state index is 12.7. The summed E-state index contributed by atoms with van der Waals surface area (Å²) in [5.41, 5.74) is 0.532. The van der Waals surface area contributed by atoms with Crippen molar-refractivity contribution in [3.05, 3.63) is 35.9 Å². The molecule has 116 valence electrons. The summed E-state index contributed by atoms with van der Waals surface area (Å²) < 4.78 is 5.14. The lowest BCUT2D eigenvalue weighted by Crippen LogP contribution is -2.44. The molecule has 22 heavy (non-hydrogen) atoms. The van der Waals surface area contributed by atoms with Gasteiger partial charge in [0.15, 0.2) is 0 Å². The summed E-state index contributed by atoms with van der Waals surface area (Å²) in [4.78, 5) is 38.5.